The number of ketones is 1. The molecule has 18 heavy (non-hydrogen) atoms. The molecule has 0 atom stereocenters. The van der Waals surface area contributed by atoms with Crippen LogP contribution in [0.1, 0.15) is 20.8 Å². The number of fused-ring (bicyclic) bond motifs is 1. The zero-order valence-corrected chi connectivity index (χ0v) is 10.7. The van der Waals surface area contributed by atoms with Crippen molar-refractivity contribution in [3.8, 4) is 0 Å². The van der Waals surface area contributed by atoms with Crippen molar-refractivity contribution >= 4 is 28.0 Å². The van der Waals surface area contributed by atoms with Crippen LogP contribution in [0.25, 0.3) is 10.9 Å². The van der Waals surface area contributed by atoms with Crippen molar-refractivity contribution in [2.75, 3.05) is 0 Å². The van der Waals surface area contributed by atoms with Gasteiger partial charge in [0, 0.05) is 17.1 Å². The van der Waals surface area contributed by atoms with E-state index in [2.05, 4.69) is 4.98 Å². The summed E-state index contributed by atoms with van der Waals surface area (Å²) in [6, 6.07) is 11.4. The summed E-state index contributed by atoms with van der Waals surface area (Å²) in [6.45, 7) is 1.97. The van der Waals surface area contributed by atoms with Gasteiger partial charge >= 0.3 is 0 Å². The largest absolute Gasteiger partial charge is 0.288 e. The molecule has 88 valence electrons. The number of hydrogen-bond donors (Lipinski definition) is 0. The van der Waals surface area contributed by atoms with Crippen molar-refractivity contribution in [2.24, 2.45) is 0 Å². The van der Waals surface area contributed by atoms with E-state index in [-0.39, 0.29) is 5.78 Å². The fourth-order valence-electron chi connectivity index (χ4n) is 2.03. The van der Waals surface area contributed by atoms with Gasteiger partial charge in [-0.3, -0.25) is 9.78 Å². The molecule has 0 aliphatic rings. The molecule has 2 heterocycles. The van der Waals surface area contributed by atoms with Crippen LogP contribution in [0.3, 0.4) is 0 Å². The van der Waals surface area contributed by atoms with Crippen LogP contribution in [0, 0.1) is 6.92 Å². The minimum absolute atomic E-state index is 0.0844. The van der Waals surface area contributed by atoms with Gasteiger partial charge in [0.25, 0.3) is 0 Å². The summed E-state index contributed by atoms with van der Waals surface area (Å²) in [4.78, 5) is 17.6. The third-order valence-corrected chi connectivity index (χ3v) is 3.97. The Bertz CT molecular complexity index is 725. The number of thiophene rings is 1. The van der Waals surface area contributed by atoms with E-state index in [1.807, 2.05) is 48.7 Å². The van der Waals surface area contributed by atoms with E-state index in [4.69, 9.17) is 0 Å². The highest BCUT2D eigenvalue weighted by Gasteiger charge is 2.15. The van der Waals surface area contributed by atoms with Gasteiger partial charge in [-0.25, -0.2) is 0 Å². The molecule has 0 amide bonds. The van der Waals surface area contributed by atoms with Crippen molar-refractivity contribution in [3.05, 3.63) is 64.0 Å². The first kappa shape index (κ1) is 11.1. The molecule has 0 saturated heterocycles. The van der Waals surface area contributed by atoms with Gasteiger partial charge < -0.3 is 0 Å². The van der Waals surface area contributed by atoms with Gasteiger partial charge in [-0.1, -0.05) is 18.2 Å². The molecular weight excluding hydrogens is 242 g/mol. The van der Waals surface area contributed by atoms with Crippen LogP contribution >= 0.6 is 11.3 Å². The fraction of sp³-hybridized carbons (Fsp3) is 0.0667. The normalized spacial score (nSPS) is 10.7. The Morgan fingerprint density at radius 1 is 1.17 bits per heavy atom. The summed E-state index contributed by atoms with van der Waals surface area (Å²) < 4.78 is 0. The molecule has 3 aromatic rings. The second-order valence-electron chi connectivity index (χ2n) is 4.14. The average Bonchev–Trinajstić information content (AvgIpc) is 2.83. The molecule has 0 bridgehead atoms. The van der Waals surface area contributed by atoms with Crippen molar-refractivity contribution in [1.29, 1.82) is 0 Å². The summed E-state index contributed by atoms with van der Waals surface area (Å²) in [7, 11) is 0. The molecule has 0 spiro atoms. The summed E-state index contributed by atoms with van der Waals surface area (Å²) in [5.74, 6) is 0.0844. The first-order valence-corrected chi connectivity index (χ1v) is 6.58. The molecular formula is C15H11NOS. The van der Waals surface area contributed by atoms with Gasteiger partial charge in [0.1, 0.15) is 0 Å². The minimum atomic E-state index is 0.0844. The van der Waals surface area contributed by atoms with Crippen molar-refractivity contribution in [3.63, 3.8) is 0 Å². The number of carbonyl (C=O) groups excluding carboxylic acids is 1. The van der Waals surface area contributed by atoms with Crippen LogP contribution in [-0.4, -0.2) is 10.8 Å². The first-order valence-electron chi connectivity index (χ1n) is 5.70. The lowest BCUT2D eigenvalue weighted by atomic mass is 10.0. The number of rotatable bonds is 2. The second kappa shape index (κ2) is 4.35. The van der Waals surface area contributed by atoms with Crippen LogP contribution in [0.15, 0.2) is 48.0 Å². The Labute approximate surface area is 109 Å². The van der Waals surface area contributed by atoms with E-state index in [0.29, 0.717) is 0 Å². The van der Waals surface area contributed by atoms with E-state index in [1.165, 1.54) is 11.3 Å². The summed E-state index contributed by atoms with van der Waals surface area (Å²) >= 11 is 1.49. The van der Waals surface area contributed by atoms with Crippen LogP contribution in [-0.2, 0) is 0 Å². The summed E-state index contributed by atoms with van der Waals surface area (Å²) in [5, 5.41) is 2.86. The second-order valence-corrected chi connectivity index (χ2v) is 5.05. The number of pyridine rings is 1. The molecule has 0 saturated carbocycles. The maximum Gasteiger partial charge on any atom is 0.203 e. The Hall–Kier alpha value is -2.00. The molecule has 2 nitrogen and oxygen atoms in total. The Balaban J connectivity index is 2.21. The molecule has 3 rings (SSSR count). The molecule has 0 aliphatic heterocycles. The Morgan fingerprint density at radius 3 is 2.83 bits per heavy atom. The summed E-state index contributed by atoms with van der Waals surface area (Å²) in [6.07, 6.45) is 1.74. The third-order valence-electron chi connectivity index (χ3n) is 2.96. The molecule has 0 unspecified atom stereocenters. The smallest absolute Gasteiger partial charge is 0.203 e. The number of aryl methyl sites for hydroxylation is 1. The molecule has 1 aromatic carbocycles. The highest BCUT2D eigenvalue weighted by molar-refractivity contribution is 7.12. The quantitative estimate of drug-likeness (QED) is 0.649. The van der Waals surface area contributed by atoms with Gasteiger partial charge in [-0.05, 0) is 36.1 Å². The lowest BCUT2D eigenvalue weighted by molar-refractivity contribution is 0.104. The Morgan fingerprint density at radius 2 is 2.06 bits per heavy atom. The van der Waals surface area contributed by atoms with Gasteiger partial charge in [-0.15, -0.1) is 11.3 Å². The lowest BCUT2D eigenvalue weighted by Crippen LogP contribution is -2.01. The lowest BCUT2D eigenvalue weighted by Gasteiger charge is -2.04. The van der Waals surface area contributed by atoms with Gasteiger partial charge in [0.2, 0.25) is 5.78 Å². The fourth-order valence-corrected chi connectivity index (χ4v) is 2.91. The standard InChI is InChI=1S/C15H11NOS/c1-10-7-9-18-15(10)14(17)12-4-2-6-13-11(12)5-3-8-16-13/h2-9H,1H3. The highest BCUT2D eigenvalue weighted by Crippen LogP contribution is 2.24. The van der Waals surface area contributed by atoms with Crippen LogP contribution < -0.4 is 0 Å². The number of aromatic nitrogens is 1. The maximum absolute atomic E-state index is 12.5. The van der Waals surface area contributed by atoms with Gasteiger partial charge in [-0.2, -0.15) is 0 Å². The van der Waals surface area contributed by atoms with Gasteiger partial charge in [0.05, 0.1) is 10.4 Å². The summed E-state index contributed by atoms with van der Waals surface area (Å²) in [5.41, 5.74) is 2.62. The predicted octanol–water partition coefficient (Wildman–Crippen LogP) is 3.84. The maximum atomic E-state index is 12.5. The van der Waals surface area contributed by atoms with E-state index < -0.39 is 0 Å². The van der Waals surface area contributed by atoms with E-state index >= 15 is 0 Å². The van der Waals surface area contributed by atoms with Gasteiger partial charge in [0.15, 0.2) is 0 Å². The minimum Gasteiger partial charge on any atom is -0.288 e. The molecule has 3 heteroatoms. The molecule has 0 radical (unpaired) electrons. The van der Waals surface area contributed by atoms with Crippen LogP contribution in [0.2, 0.25) is 0 Å². The van der Waals surface area contributed by atoms with E-state index in [0.717, 1.165) is 26.9 Å². The predicted molar refractivity (Wildman–Crippen MR) is 74.2 cm³/mol. The van der Waals surface area contributed by atoms with Crippen LogP contribution in [0.4, 0.5) is 0 Å². The number of carbonyl (C=O) groups is 1. The van der Waals surface area contributed by atoms with Crippen molar-refractivity contribution in [2.45, 2.75) is 6.92 Å². The zero-order valence-electron chi connectivity index (χ0n) is 9.88. The highest BCUT2D eigenvalue weighted by atomic mass is 32.1. The zero-order chi connectivity index (χ0) is 12.5. The van der Waals surface area contributed by atoms with Crippen LogP contribution in [0.5, 0.6) is 0 Å². The van der Waals surface area contributed by atoms with E-state index in [9.17, 15) is 4.79 Å². The van der Waals surface area contributed by atoms with Crippen molar-refractivity contribution in [1.82, 2.24) is 4.98 Å². The third kappa shape index (κ3) is 1.73. The molecule has 2 aromatic heterocycles. The molecule has 0 fully saturated rings. The monoisotopic (exact) mass is 253 g/mol. The topological polar surface area (TPSA) is 30.0 Å². The SMILES string of the molecule is Cc1ccsc1C(=O)c1cccc2ncccc12. The molecule has 0 N–H and O–H groups in total. The van der Waals surface area contributed by atoms with E-state index in [1.54, 1.807) is 6.20 Å². The Kier molecular flexibility index (Phi) is 2.68. The first-order chi connectivity index (χ1) is 8.77. The number of benzene rings is 1. The number of nitrogens with zero attached hydrogens (tertiary/aromatic N) is 1. The number of hydrogen-bond acceptors (Lipinski definition) is 3. The average molecular weight is 253 g/mol. The van der Waals surface area contributed by atoms with Crippen molar-refractivity contribution < 1.29 is 4.79 Å². The molecule has 0 aliphatic carbocycles.